The van der Waals surface area contributed by atoms with Gasteiger partial charge in [-0.1, -0.05) is 32.9 Å². The number of hydrogen-bond donors (Lipinski definition) is 1. The molecule has 0 rings (SSSR count). The van der Waals surface area contributed by atoms with Crippen molar-refractivity contribution in [3.8, 4) is 0 Å². The molecule has 0 aliphatic carbocycles. The van der Waals surface area contributed by atoms with Gasteiger partial charge in [0.2, 0.25) is 0 Å². The molecule has 0 spiro atoms. The van der Waals surface area contributed by atoms with Crippen LogP contribution in [0.3, 0.4) is 0 Å². The quantitative estimate of drug-likeness (QED) is 0.635. The standard InChI is InChI=1S/C14H24O2/c1-6-8-14(5,9-7-2)12(13(15)16)10-11(3)4/h6-7,11-12H,1-2,8-10H2,3-5H3,(H,15,16). The third-order valence-corrected chi connectivity index (χ3v) is 3.07. The average Bonchev–Trinajstić information content (AvgIpc) is 2.14. The van der Waals surface area contributed by atoms with Crippen LogP contribution in [-0.4, -0.2) is 11.1 Å². The average molecular weight is 224 g/mol. The number of carboxylic acids is 1. The Hall–Kier alpha value is -1.05. The second-order valence-corrected chi connectivity index (χ2v) is 5.16. The maximum atomic E-state index is 11.4. The SMILES string of the molecule is C=CCC(C)(CC=C)C(CC(C)C)C(=O)O. The molecular formula is C14H24O2. The van der Waals surface area contributed by atoms with E-state index in [1.165, 1.54) is 0 Å². The van der Waals surface area contributed by atoms with Gasteiger partial charge < -0.3 is 5.11 Å². The minimum absolute atomic E-state index is 0.264. The van der Waals surface area contributed by atoms with E-state index in [1.54, 1.807) is 12.2 Å². The van der Waals surface area contributed by atoms with E-state index in [2.05, 4.69) is 27.0 Å². The molecule has 1 N–H and O–H groups in total. The van der Waals surface area contributed by atoms with Gasteiger partial charge in [-0.05, 0) is 30.6 Å². The van der Waals surface area contributed by atoms with Crippen LogP contribution < -0.4 is 0 Å². The summed E-state index contributed by atoms with van der Waals surface area (Å²) in [5, 5.41) is 9.34. The largest absolute Gasteiger partial charge is 0.481 e. The molecule has 0 fully saturated rings. The topological polar surface area (TPSA) is 37.3 Å². The molecule has 0 aliphatic heterocycles. The molecule has 92 valence electrons. The molecule has 0 aromatic heterocycles. The fourth-order valence-electron chi connectivity index (χ4n) is 2.18. The molecule has 0 aliphatic rings. The van der Waals surface area contributed by atoms with Gasteiger partial charge in [0.25, 0.3) is 0 Å². The van der Waals surface area contributed by atoms with Crippen molar-refractivity contribution in [3.05, 3.63) is 25.3 Å². The Morgan fingerprint density at radius 3 is 2.00 bits per heavy atom. The zero-order chi connectivity index (χ0) is 12.8. The highest BCUT2D eigenvalue weighted by Gasteiger charge is 2.37. The lowest BCUT2D eigenvalue weighted by Gasteiger charge is -2.34. The van der Waals surface area contributed by atoms with Gasteiger partial charge in [0.15, 0.2) is 0 Å². The van der Waals surface area contributed by atoms with E-state index in [9.17, 15) is 9.90 Å². The van der Waals surface area contributed by atoms with Gasteiger partial charge in [0.1, 0.15) is 0 Å². The van der Waals surface area contributed by atoms with Gasteiger partial charge in [-0.3, -0.25) is 4.79 Å². The fraction of sp³-hybridized carbons (Fsp3) is 0.643. The minimum Gasteiger partial charge on any atom is -0.481 e. The Balaban J connectivity index is 4.99. The van der Waals surface area contributed by atoms with Crippen LogP contribution in [0, 0.1) is 17.3 Å². The van der Waals surface area contributed by atoms with Crippen LogP contribution in [-0.2, 0) is 4.79 Å². The Morgan fingerprint density at radius 1 is 1.31 bits per heavy atom. The van der Waals surface area contributed by atoms with Crippen molar-refractivity contribution in [2.75, 3.05) is 0 Å². The van der Waals surface area contributed by atoms with E-state index in [1.807, 2.05) is 6.92 Å². The minimum atomic E-state index is -0.708. The summed E-state index contributed by atoms with van der Waals surface area (Å²) in [6.07, 6.45) is 5.73. The molecule has 16 heavy (non-hydrogen) atoms. The molecule has 2 heteroatoms. The van der Waals surface area contributed by atoms with E-state index < -0.39 is 5.97 Å². The van der Waals surface area contributed by atoms with Gasteiger partial charge in [0.05, 0.1) is 5.92 Å². The predicted molar refractivity (Wildman–Crippen MR) is 68.3 cm³/mol. The molecule has 1 unspecified atom stereocenters. The van der Waals surface area contributed by atoms with Gasteiger partial charge in [-0.2, -0.15) is 0 Å². The molecule has 0 saturated carbocycles. The normalized spacial score (nSPS) is 13.5. The fourth-order valence-corrected chi connectivity index (χ4v) is 2.18. The summed E-state index contributed by atoms with van der Waals surface area (Å²) in [5.74, 6) is -0.654. The van der Waals surface area contributed by atoms with Crippen LogP contribution in [0.1, 0.15) is 40.0 Å². The highest BCUT2D eigenvalue weighted by molar-refractivity contribution is 5.71. The first kappa shape index (κ1) is 14.9. The van der Waals surface area contributed by atoms with Crippen LogP contribution in [0.4, 0.5) is 0 Å². The van der Waals surface area contributed by atoms with Crippen LogP contribution in [0.25, 0.3) is 0 Å². The lowest BCUT2D eigenvalue weighted by atomic mass is 9.69. The number of aliphatic carboxylic acids is 1. The van der Waals surface area contributed by atoms with Gasteiger partial charge in [-0.15, -0.1) is 13.2 Å². The number of allylic oxidation sites excluding steroid dienone is 2. The van der Waals surface area contributed by atoms with Crippen molar-refractivity contribution in [1.29, 1.82) is 0 Å². The molecule has 0 aromatic carbocycles. The van der Waals surface area contributed by atoms with Crippen LogP contribution in [0.5, 0.6) is 0 Å². The monoisotopic (exact) mass is 224 g/mol. The molecule has 0 saturated heterocycles. The summed E-state index contributed by atoms with van der Waals surface area (Å²) < 4.78 is 0. The highest BCUT2D eigenvalue weighted by atomic mass is 16.4. The van der Waals surface area contributed by atoms with Gasteiger partial charge in [-0.25, -0.2) is 0 Å². The second kappa shape index (κ2) is 6.51. The molecule has 2 nitrogen and oxygen atoms in total. The molecule has 0 aromatic rings. The zero-order valence-electron chi connectivity index (χ0n) is 10.7. The molecule has 0 heterocycles. The third-order valence-electron chi connectivity index (χ3n) is 3.07. The summed E-state index contributed by atoms with van der Waals surface area (Å²) in [7, 11) is 0. The van der Waals surface area contributed by atoms with E-state index in [0.717, 1.165) is 0 Å². The Morgan fingerprint density at radius 2 is 1.75 bits per heavy atom. The lowest BCUT2D eigenvalue weighted by molar-refractivity contribution is -0.147. The van der Waals surface area contributed by atoms with Gasteiger partial charge >= 0.3 is 5.97 Å². The second-order valence-electron chi connectivity index (χ2n) is 5.16. The highest BCUT2D eigenvalue weighted by Crippen LogP contribution is 2.39. The maximum Gasteiger partial charge on any atom is 0.307 e. The summed E-state index contributed by atoms with van der Waals surface area (Å²) in [5.41, 5.74) is -0.264. The van der Waals surface area contributed by atoms with E-state index in [-0.39, 0.29) is 11.3 Å². The maximum absolute atomic E-state index is 11.4. The van der Waals surface area contributed by atoms with Crippen molar-refractivity contribution >= 4 is 5.97 Å². The molecule has 0 amide bonds. The van der Waals surface area contributed by atoms with E-state index in [4.69, 9.17) is 0 Å². The van der Waals surface area contributed by atoms with Crippen LogP contribution in [0.15, 0.2) is 25.3 Å². The number of carboxylic acid groups (broad SMARTS) is 1. The molecule has 0 bridgehead atoms. The first-order chi connectivity index (χ1) is 7.37. The Labute approximate surface area is 99.1 Å². The third kappa shape index (κ3) is 4.21. The van der Waals surface area contributed by atoms with E-state index in [0.29, 0.717) is 25.2 Å². The first-order valence-electron chi connectivity index (χ1n) is 5.82. The van der Waals surface area contributed by atoms with Crippen molar-refractivity contribution in [3.63, 3.8) is 0 Å². The van der Waals surface area contributed by atoms with Gasteiger partial charge in [0, 0.05) is 0 Å². The Kier molecular flexibility index (Phi) is 6.09. The van der Waals surface area contributed by atoms with Crippen LogP contribution in [0.2, 0.25) is 0 Å². The molecule has 0 radical (unpaired) electrons. The van der Waals surface area contributed by atoms with Crippen molar-refractivity contribution in [1.82, 2.24) is 0 Å². The number of hydrogen-bond acceptors (Lipinski definition) is 1. The predicted octanol–water partition coefficient (Wildman–Crippen LogP) is 3.89. The summed E-state index contributed by atoms with van der Waals surface area (Å²) in [6.45, 7) is 13.6. The molecule has 1 atom stereocenters. The molecular weight excluding hydrogens is 200 g/mol. The van der Waals surface area contributed by atoms with Crippen molar-refractivity contribution in [2.45, 2.75) is 40.0 Å². The smallest absolute Gasteiger partial charge is 0.307 e. The first-order valence-corrected chi connectivity index (χ1v) is 5.82. The summed E-state index contributed by atoms with van der Waals surface area (Å²) >= 11 is 0. The summed E-state index contributed by atoms with van der Waals surface area (Å²) in [4.78, 5) is 11.4. The summed E-state index contributed by atoms with van der Waals surface area (Å²) in [6, 6.07) is 0. The Bertz CT molecular complexity index is 243. The van der Waals surface area contributed by atoms with Crippen LogP contribution >= 0.6 is 0 Å². The van der Waals surface area contributed by atoms with E-state index >= 15 is 0 Å². The zero-order valence-corrected chi connectivity index (χ0v) is 10.7. The lowest BCUT2D eigenvalue weighted by Crippen LogP contribution is -2.34. The van der Waals surface area contributed by atoms with Crippen molar-refractivity contribution < 1.29 is 9.90 Å². The number of rotatable bonds is 8. The van der Waals surface area contributed by atoms with Crippen molar-refractivity contribution in [2.24, 2.45) is 17.3 Å². The number of carbonyl (C=O) groups is 1.